The molecule has 0 fully saturated rings. The van der Waals surface area contributed by atoms with Crippen molar-refractivity contribution in [3.05, 3.63) is 69.7 Å². The average molecular weight is 465 g/mol. The largest absolute Gasteiger partial charge is 0.398 e. The summed E-state index contributed by atoms with van der Waals surface area (Å²) in [6.45, 7) is 3.73. The predicted molar refractivity (Wildman–Crippen MR) is 130 cm³/mol. The Bertz CT molecular complexity index is 1010. The van der Waals surface area contributed by atoms with Crippen molar-refractivity contribution in [1.29, 1.82) is 0 Å². The minimum Gasteiger partial charge on any atom is -0.398 e. The fraction of sp³-hybridized carbons (Fsp3) is 0.273. The Morgan fingerprint density at radius 3 is 2.80 bits per heavy atom. The Hall–Kier alpha value is -2.28. The second-order valence-electron chi connectivity index (χ2n) is 7.14. The van der Waals surface area contributed by atoms with E-state index in [1.54, 1.807) is 11.3 Å². The molecular formula is C22H26Cl2N4OS. The van der Waals surface area contributed by atoms with Gasteiger partial charge in [-0.3, -0.25) is 4.79 Å². The first-order valence-corrected chi connectivity index (χ1v) is 10.4. The van der Waals surface area contributed by atoms with Gasteiger partial charge in [0.05, 0.1) is 18.7 Å². The fourth-order valence-electron chi connectivity index (χ4n) is 3.64. The van der Waals surface area contributed by atoms with Crippen molar-refractivity contribution in [1.82, 2.24) is 4.98 Å². The van der Waals surface area contributed by atoms with E-state index in [9.17, 15) is 4.79 Å². The zero-order valence-corrected chi connectivity index (χ0v) is 19.2. The Morgan fingerprint density at radius 2 is 2.00 bits per heavy atom. The van der Waals surface area contributed by atoms with Crippen molar-refractivity contribution >= 4 is 59.1 Å². The van der Waals surface area contributed by atoms with Crippen LogP contribution in [-0.2, 0) is 24.2 Å². The monoisotopic (exact) mass is 464 g/mol. The first-order valence-electron chi connectivity index (χ1n) is 9.51. The minimum absolute atomic E-state index is 0. The van der Waals surface area contributed by atoms with Crippen molar-refractivity contribution in [3.8, 4) is 0 Å². The third-order valence-electron chi connectivity index (χ3n) is 5.07. The topological polar surface area (TPSA) is 71.2 Å². The van der Waals surface area contributed by atoms with Gasteiger partial charge in [0.2, 0.25) is 5.91 Å². The number of hydrogen-bond donors (Lipinski definition) is 2. The van der Waals surface area contributed by atoms with Gasteiger partial charge in [-0.2, -0.15) is 0 Å². The third kappa shape index (κ3) is 5.45. The van der Waals surface area contributed by atoms with Crippen molar-refractivity contribution in [2.24, 2.45) is 0 Å². The number of rotatable bonds is 5. The van der Waals surface area contributed by atoms with Crippen LogP contribution in [0.2, 0.25) is 0 Å². The van der Waals surface area contributed by atoms with Crippen LogP contribution in [0, 0.1) is 6.92 Å². The number of anilines is 3. The van der Waals surface area contributed by atoms with E-state index in [-0.39, 0.29) is 30.7 Å². The molecule has 0 radical (unpaired) electrons. The van der Waals surface area contributed by atoms with Crippen LogP contribution in [0.15, 0.2) is 47.8 Å². The Labute approximate surface area is 193 Å². The lowest BCUT2D eigenvalue weighted by molar-refractivity contribution is -0.115. The van der Waals surface area contributed by atoms with E-state index in [4.69, 9.17) is 5.73 Å². The maximum atomic E-state index is 12.4. The van der Waals surface area contributed by atoms with Crippen LogP contribution in [0.4, 0.5) is 17.1 Å². The molecule has 3 N–H and O–H groups in total. The molecule has 0 aliphatic carbocycles. The number of benzene rings is 2. The number of aryl methyl sites for hydroxylation is 1. The van der Waals surface area contributed by atoms with Crippen LogP contribution in [0.3, 0.4) is 0 Å². The molecule has 3 aromatic rings. The average Bonchev–Trinajstić information content (AvgIpc) is 3.11. The van der Waals surface area contributed by atoms with E-state index in [0.717, 1.165) is 53.6 Å². The molecule has 5 nitrogen and oxygen atoms in total. The van der Waals surface area contributed by atoms with Crippen molar-refractivity contribution in [2.75, 3.05) is 22.5 Å². The lowest BCUT2D eigenvalue weighted by atomic mass is 10.00. The summed E-state index contributed by atoms with van der Waals surface area (Å²) in [4.78, 5) is 19.4. The fourth-order valence-corrected chi connectivity index (χ4v) is 4.42. The van der Waals surface area contributed by atoms with Gasteiger partial charge in [0.25, 0.3) is 0 Å². The van der Waals surface area contributed by atoms with Gasteiger partial charge < -0.3 is 16.0 Å². The highest BCUT2D eigenvalue weighted by Gasteiger charge is 2.19. The number of fused-ring (bicyclic) bond motifs is 1. The van der Waals surface area contributed by atoms with Crippen LogP contribution in [0.5, 0.6) is 0 Å². The molecule has 0 bridgehead atoms. The van der Waals surface area contributed by atoms with Gasteiger partial charge >= 0.3 is 0 Å². The van der Waals surface area contributed by atoms with Crippen molar-refractivity contribution < 1.29 is 4.79 Å². The zero-order valence-electron chi connectivity index (χ0n) is 16.8. The summed E-state index contributed by atoms with van der Waals surface area (Å²) in [5.74, 6) is -0.0358. The van der Waals surface area contributed by atoms with Crippen LogP contribution >= 0.6 is 36.2 Å². The summed E-state index contributed by atoms with van der Waals surface area (Å²) in [6, 6.07) is 13.9. The Morgan fingerprint density at radius 1 is 1.20 bits per heavy atom. The predicted octanol–water partition coefficient (Wildman–Crippen LogP) is 5.01. The number of aromatic nitrogens is 1. The number of thiazole rings is 1. The first kappa shape index (κ1) is 24.0. The molecule has 0 saturated heterocycles. The summed E-state index contributed by atoms with van der Waals surface area (Å²) in [5, 5.41) is 5.86. The first-order chi connectivity index (χ1) is 13.6. The number of nitrogen functional groups attached to an aromatic ring is 1. The maximum Gasteiger partial charge on any atom is 0.231 e. The van der Waals surface area contributed by atoms with E-state index in [0.29, 0.717) is 6.42 Å². The van der Waals surface area contributed by atoms with Gasteiger partial charge in [0, 0.05) is 29.0 Å². The summed E-state index contributed by atoms with van der Waals surface area (Å²) < 4.78 is 0. The third-order valence-corrected chi connectivity index (χ3v) is 5.96. The molecular weight excluding hydrogens is 439 g/mol. The molecule has 0 saturated carbocycles. The van der Waals surface area contributed by atoms with Crippen LogP contribution in [0.25, 0.3) is 0 Å². The molecule has 1 amide bonds. The molecule has 4 rings (SSSR count). The van der Waals surface area contributed by atoms with Gasteiger partial charge in [-0.25, -0.2) is 4.98 Å². The van der Waals surface area contributed by atoms with Gasteiger partial charge in [-0.05, 0) is 49.1 Å². The van der Waals surface area contributed by atoms with Crippen LogP contribution in [-0.4, -0.2) is 17.4 Å². The zero-order chi connectivity index (χ0) is 19.5. The van der Waals surface area contributed by atoms with Crippen LogP contribution in [0.1, 0.15) is 28.2 Å². The summed E-state index contributed by atoms with van der Waals surface area (Å²) >= 11 is 1.54. The number of hydrogen-bond acceptors (Lipinski definition) is 5. The van der Waals surface area contributed by atoms with Gasteiger partial charge in [-0.1, -0.05) is 24.3 Å². The maximum absolute atomic E-state index is 12.4. The molecule has 0 unspecified atom stereocenters. The number of halogens is 2. The molecule has 0 atom stereocenters. The van der Waals surface area contributed by atoms with E-state index in [1.807, 2.05) is 43.3 Å². The highest BCUT2D eigenvalue weighted by Crippen LogP contribution is 2.32. The number of carbonyl (C=O) groups is 1. The van der Waals surface area contributed by atoms with E-state index in [1.165, 1.54) is 11.3 Å². The second-order valence-corrected chi connectivity index (χ2v) is 8.09. The second kappa shape index (κ2) is 10.7. The molecule has 30 heavy (non-hydrogen) atoms. The van der Waals surface area contributed by atoms with Gasteiger partial charge in [0.15, 0.2) is 0 Å². The molecule has 160 valence electrons. The number of para-hydroxylation sites is 1. The van der Waals surface area contributed by atoms with Gasteiger partial charge in [-0.15, -0.1) is 36.2 Å². The molecule has 2 aromatic carbocycles. The van der Waals surface area contributed by atoms with E-state index in [2.05, 4.69) is 26.6 Å². The molecule has 0 spiro atoms. The SMILES string of the molecule is Cc1ccccc1NC(=O)Cc1nc(CN2CCCc3c(N)cccc32)cs1.Cl.Cl. The minimum atomic E-state index is -0.0358. The highest BCUT2D eigenvalue weighted by atomic mass is 35.5. The number of nitrogens with zero attached hydrogens (tertiary/aromatic N) is 2. The summed E-state index contributed by atoms with van der Waals surface area (Å²) in [6.07, 6.45) is 2.42. The number of nitrogens with one attached hydrogen (secondary N) is 1. The van der Waals surface area contributed by atoms with Crippen molar-refractivity contribution in [2.45, 2.75) is 32.7 Å². The molecule has 1 aliphatic rings. The normalized spacial score (nSPS) is 12.4. The molecule has 1 aromatic heterocycles. The number of nitrogens with two attached hydrogens (primary N) is 1. The summed E-state index contributed by atoms with van der Waals surface area (Å²) in [7, 11) is 0. The van der Waals surface area contributed by atoms with E-state index < -0.39 is 0 Å². The standard InChI is InChI=1S/C22H24N4OS.2ClH/c1-15-6-2-3-9-19(15)25-21(27)12-22-24-16(14-28-22)13-26-11-5-7-17-18(23)8-4-10-20(17)26;;/h2-4,6,8-10,14H,5,7,11-13,23H2,1H3,(H,25,27);2*1H. The number of carbonyl (C=O) groups excluding carboxylic acids is 1. The Balaban J connectivity index is 0.00000160. The highest BCUT2D eigenvalue weighted by molar-refractivity contribution is 7.09. The Kier molecular flexibility index (Phi) is 8.53. The molecule has 1 aliphatic heterocycles. The lowest BCUT2D eigenvalue weighted by Gasteiger charge is -2.31. The van der Waals surface area contributed by atoms with Gasteiger partial charge in [0.1, 0.15) is 5.01 Å². The molecule has 8 heteroatoms. The van der Waals surface area contributed by atoms with E-state index >= 15 is 0 Å². The van der Waals surface area contributed by atoms with Crippen molar-refractivity contribution in [3.63, 3.8) is 0 Å². The smallest absolute Gasteiger partial charge is 0.231 e. The summed E-state index contributed by atoms with van der Waals surface area (Å²) in [5.41, 5.74) is 12.4. The number of amides is 1. The lowest BCUT2D eigenvalue weighted by Crippen LogP contribution is -2.29. The quantitative estimate of drug-likeness (QED) is 0.520. The molecule has 2 heterocycles. The van der Waals surface area contributed by atoms with Crippen LogP contribution < -0.4 is 16.0 Å².